The Hall–Kier alpha value is -1.59. The van der Waals surface area contributed by atoms with Crippen molar-refractivity contribution in [3.63, 3.8) is 0 Å². The predicted molar refractivity (Wildman–Crippen MR) is 81.3 cm³/mol. The molecule has 1 N–H and O–H groups in total. The molecule has 0 unspecified atom stereocenters. The van der Waals surface area contributed by atoms with Gasteiger partial charge in [0.15, 0.2) is 9.84 Å². The molecule has 0 fully saturated rings. The largest absolute Gasteiger partial charge is 0.354 e. The van der Waals surface area contributed by atoms with Crippen LogP contribution in [0.5, 0.6) is 0 Å². The second-order valence-electron chi connectivity index (χ2n) is 4.58. The zero-order valence-corrected chi connectivity index (χ0v) is 12.7. The lowest BCUT2D eigenvalue weighted by Gasteiger charge is -2.14. The SMILES string of the molecule is CC(C)S(=O)(=O)c1ccccc1Nc1ccnc(Cl)c1. The van der Waals surface area contributed by atoms with E-state index in [0.717, 1.165) is 0 Å². The highest BCUT2D eigenvalue weighted by molar-refractivity contribution is 7.92. The molecule has 0 aliphatic carbocycles. The van der Waals surface area contributed by atoms with Crippen LogP contribution in [0.25, 0.3) is 0 Å². The normalized spacial score (nSPS) is 11.6. The van der Waals surface area contributed by atoms with Crippen molar-refractivity contribution in [3.8, 4) is 0 Å². The molecule has 1 aromatic carbocycles. The summed E-state index contributed by atoms with van der Waals surface area (Å²) in [5.41, 5.74) is 1.22. The van der Waals surface area contributed by atoms with E-state index in [4.69, 9.17) is 11.6 Å². The van der Waals surface area contributed by atoms with Gasteiger partial charge in [0.25, 0.3) is 0 Å². The number of benzene rings is 1. The third kappa shape index (κ3) is 3.11. The minimum Gasteiger partial charge on any atom is -0.354 e. The summed E-state index contributed by atoms with van der Waals surface area (Å²) in [5.74, 6) is 0. The van der Waals surface area contributed by atoms with Gasteiger partial charge in [-0.1, -0.05) is 23.7 Å². The van der Waals surface area contributed by atoms with Crippen molar-refractivity contribution in [1.82, 2.24) is 4.98 Å². The number of nitrogens with zero attached hydrogens (tertiary/aromatic N) is 1. The Labute approximate surface area is 123 Å². The summed E-state index contributed by atoms with van der Waals surface area (Å²) in [4.78, 5) is 4.17. The molecule has 106 valence electrons. The van der Waals surface area contributed by atoms with Gasteiger partial charge >= 0.3 is 0 Å². The number of rotatable bonds is 4. The van der Waals surface area contributed by atoms with Gasteiger partial charge in [0.05, 0.1) is 15.8 Å². The first kappa shape index (κ1) is 14.8. The van der Waals surface area contributed by atoms with E-state index in [1.165, 1.54) is 0 Å². The van der Waals surface area contributed by atoms with Crippen LogP contribution >= 0.6 is 11.6 Å². The van der Waals surface area contributed by atoms with E-state index in [0.29, 0.717) is 16.5 Å². The first-order valence-electron chi connectivity index (χ1n) is 6.13. The van der Waals surface area contributed by atoms with Crippen molar-refractivity contribution in [2.75, 3.05) is 5.32 Å². The molecule has 0 amide bonds. The van der Waals surface area contributed by atoms with Gasteiger partial charge in [0.2, 0.25) is 0 Å². The molecule has 0 radical (unpaired) electrons. The zero-order valence-electron chi connectivity index (χ0n) is 11.2. The Bertz CT molecular complexity index is 715. The number of pyridine rings is 1. The van der Waals surface area contributed by atoms with Gasteiger partial charge in [0.1, 0.15) is 5.15 Å². The van der Waals surface area contributed by atoms with Gasteiger partial charge in [-0.2, -0.15) is 0 Å². The lowest BCUT2D eigenvalue weighted by atomic mass is 10.3. The Kier molecular flexibility index (Phi) is 4.30. The molecule has 4 nitrogen and oxygen atoms in total. The molecular weight excluding hydrogens is 296 g/mol. The van der Waals surface area contributed by atoms with E-state index < -0.39 is 15.1 Å². The number of anilines is 2. The van der Waals surface area contributed by atoms with Crippen LogP contribution in [0.1, 0.15) is 13.8 Å². The van der Waals surface area contributed by atoms with Crippen LogP contribution in [0, 0.1) is 0 Å². The van der Waals surface area contributed by atoms with Gasteiger partial charge in [-0.05, 0) is 38.1 Å². The number of nitrogens with one attached hydrogen (secondary N) is 1. The Morgan fingerprint density at radius 3 is 2.55 bits per heavy atom. The minimum absolute atomic E-state index is 0.280. The fourth-order valence-electron chi connectivity index (χ4n) is 1.71. The molecule has 0 aliphatic heterocycles. The number of sulfone groups is 1. The van der Waals surface area contributed by atoms with E-state index in [2.05, 4.69) is 10.3 Å². The molecule has 0 atom stereocenters. The van der Waals surface area contributed by atoms with Gasteiger partial charge in [0, 0.05) is 11.9 Å². The molecular formula is C14H15ClN2O2S. The molecule has 2 aromatic rings. The molecule has 0 spiro atoms. The standard InChI is InChI=1S/C14H15ClN2O2S/c1-10(2)20(18,19)13-6-4-3-5-12(13)17-11-7-8-16-14(15)9-11/h3-10H,1-2H3,(H,16,17). The summed E-state index contributed by atoms with van der Waals surface area (Å²) in [6, 6.07) is 10.2. The van der Waals surface area contributed by atoms with Gasteiger partial charge in [-0.25, -0.2) is 13.4 Å². The van der Waals surface area contributed by atoms with Crippen LogP contribution in [0.3, 0.4) is 0 Å². The van der Waals surface area contributed by atoms with Crippen LogP contribution in [0.2, 0.25) is 5.15 Å². The molecule has 0 aliphatic rings. The average Bonchev–Trinajstić information content (AvgIpc) is 2.39. The summed E-state index contributed by atoms with van der Waals surface area (Å²) in [6.45, 7) is 3.32. The lowest BCUT2D eigenvalue weighted by molar-refractivity contribution is 0.588. The second kappa shape index (κ2) is 5.81. The van der Waals surface area contributed by atoms with Crippen molar-refractivity contribution in [3.05, 3.63) is 47.7 Å². The number of aromatic nitrogens is 1. The highest BCUT2D eigenvalue weighted by Gasteiger charge is 2.22. The monoisotopic (exact) mass is 310 g/mol. The molecule has 2 rings (SSSR count). The average molecular weight is 311 g/mol. The zero-order chi connectivity index (χ0) is 14.8. The summed E-state index contributed by atoms with van der Waals surface area (Å²) < 4.78 is 24.7. The van der Waals surface area contributed by atoms with E-state index >= 15 is 0 Å². The lowest BCUT2D eigenvalue weighted by Crippen LogP contribution is -2.15. The maximum absolute atomic E-state index is 12.3. The van der Waals surface area contributed by atoms with Crippen molar-refractivity contribution >= 4 is 32.8 Å². The quantitative estimate of drug-likeness (QED) is 0.876. The van der Waals surface area contributed by atoms with Crippen LogP contribution in [0.15, 0.2) is 47.5 Å². The maximum Gasteiger partial charge on any atom is 0.182 e. The Morgan fingerprint density at radius 2 is 1.90 bits per heavy atom. The highest BCUT2D eigenvalue weighted by Crippen LogP contribution is 2.28. The Morgan fingerprint density at radius 1 is 1.20 bits per heavy atom. The topological polar surface area (TPSA) is 59.1 Å². The molecule has 1 aromatic heterocycles. The van der Waals surface area contributed by atoms with Gasteiger partial charge in [-0.15, -0.1) is 0 Å². The highest BCUT2D eigenvalue weighted by atomic mass is 35.5. The number of hydrogen-bond donors (Lipinski definition) is 1. The minimum atomic E-state index is -3.35. The predicted octanol–water partition coefficient (Wildman–Crippen LogP) is 3.66. The third-order valence-corrected chi connectivity index (χ3v) is 5.24. The molecule has 0 saturated heterocycles. The molecule has 0 saturated carbocycles. The summed E-state index contributed by atoms with van der Waals surface area (Å²) in [7, 11) is -3.35. The van der Waals surface area contributed by atoms with Crippen molar-refractivity contribution in [2.24, 2.45) is 0 Å². The molecule has 6 heteroatoms. The third-order valence-electron chi connectivity index (χ3n) is 2.82. The number of hydrogen-bond acceptors (Lipinski definition) is 4. The van der Waals surface area contributed by atoms with Crippen molar-refractivity contribution in [1.29, 1.82) is 0 Å². The summed E-state index contributed by atoms with van der Waals surface area (Å²) >= 11 is 5.82. The van der Waals surface area contributed by atoms with Gasteiger partial charge < -0.3 is 5.32 Å². The van der Waals surface area contributed by atoms with Crippen molar-refractivity contribution in [2.45, 2.75) is 24.0 Å². The fourth-order valence-corrected chi connectivity index (χ4v) is 3.08. The van der Waals surface area contributed by atoms with E-state index in [9.17, 15) is 8.42 Å². The van der Waals surface area contributed by atoms with Crippen molar-refractivity contribution < 1.29 is 8.42 Å². The van der Waals surface area contributed by atoms with Gasteiger partial charge in [-0.3, -0.25) is 0 Å². The smallest absolute Gasteiger partial charge is 0.182 e. The first-order valence-corrected chi connectivity index (χ1v) is 8.05. The molecule has 0 bridgehead atoms. The molecule has 20 heavy (non-hydrogen) atoms. The second-order valence-corrected chi connectivity index (χ2v) is 7.44. The fraction of sp³-hybridized carbons (Fsp3) is 0.214. The van der Waals surface area contributed by atoms with E-state index in [1.54, 1.807) is 56.4 Å². The van der Waals surface area contributed by atoms with Crippen LogP contribution in [0.4, 0.5) is 11.4 Å². The van der Waals surface area contributed by atoms with Crippen LogP contribution in [-0.4, -0.2) is 18.7 Å². The number of halogens is 1. The summed E-state index contributed by atoms with van der Waals surface area (Å²) in [6.07, 6.45) is 1.56. The first-order chi connectivity index (χ1) is 9.41. The van der Waals surface area contributed by atoms with Crippen LogP contribution in [-0.2, 0) is 9.84 Å². The maximum atomic E-state index is 12.3. The molecule has 1 heterocycles. The van der Waals surface area contributed by atoms with Crippen LogP contribution < -0.4 is 5.32 Å². The van der Waals surface area contributed by atoms with E-state index in [1.807, 2.05) is 0 Å². The summed E-state index contributed by atoms with van der Waals surface area (Å²) in [5, 5.41) is 2.94. The Balaban J connectivity index is 2.44. The van der Waals surface area contributed by atoms with E-state index in [-0.39, 0.29) is 4.90 Å². The number of para-hydroxylation sites is 1.